The standard InChI is InChI=1S/C23H24N6O3/c1-14(30)13-29-15(2)17-6-8-21-18-11-16(5-7-20(18)25-26-21)19-12-24-28(3)23(19)32-10-4-9-31-22(17)27-29/h5-8,11-12H,4,9-10,13H2,1-3H3,(H,25,26)/b8-6+. The molecule has 0 atom stereocenters. The first-order valence-corrected chi connectivity index (χ1v) is 10.5. The molecule has 1 aliphatic heterocycles. The minimum Gasteiger partial charge on any atom is -0.477 e. The number of ether oxygens (including phenoxy) is 2. The van der Waals surface area contributed by atoms with Gasteiger partial charge in [-0.1, -0.05) is 6.07 Å². The molecule has 1 aromatic carbocycles. The first kappa shape index (κ1) is 20.0. The van der Waals surface area contributed by atoms with Gasteiger partial charge in [0.05, 0.1) is 48.3 Å². The Hall–Kier alpha value is -3.88. The van der Waals surface area contributed by atoms with Gasteiger partial charge in [-0.25, -0.2) is 4.68 Å². The van der Waals surface area contributed by atoms with Crippen molar-refractivity contribution in [2.45, 2.75) is 26.8 Å². The maximum absolute atomic E-state index is 11.7. The number of rotatable bonds is 2. The van der Waals surface area contributed by atoms with Crippen LogP contribution in [0.15, 0.2) is 24.4 Å². The van der Waals surface area contributed by atoms with Crippen LogP contribution in [-0.4, -0.2) is 48.8 Å². The molecule has 0 radical (unpaired) electrons. The quantitative estimate of drug-likeness (QED) is 0.521. The smallest absolute Gasteiger partial charge is 0.240 e. The molecule has 9 nitrogen and oxygen atoms in total. The van der Waals surface area contributed by atoms with Gasteiger partial charge in [-0.3, -0.25) is 14.6 Å². The molecule has 0 fully saturated rings. The molecular weight excluding hydrogens is 408 g/mol. The summed E-state index contributed by atoms with van der Waals surface area (Å²) in [5.74, 6) is 1.25. The Kier molecular flexibility index (Phi) is 5.01. The van der Waals surface area contributed by atoms with Crippen molar-refractivity contribution in [2.24, 2.45) is 7.05 Å². The van der Waals surface area contributed by atoms with Crippen molar-refractivity contribution >= 4 is 28.8 Å². The van der Waals surface area contributed by atoms with Crippen LogP contribution < -0.4 is 9.47 Å². The van der Waals surface area contributed by atoms with Gasteiger partial charge in [0.15, 0.2) is 5.78 Å². The molecule has 9 heteroatoms. The van der Waals surface area contributed by atoms with Crippen molar-refractivity contribution in [3.8, 4) is 22.9 Å². The van der Waals surface area contributed by atoms with Gasteiger partial charge in [0.2, 0.25) is 11.8 Å². The second-order valence-electron chi connectivity index (χ2n) is 7.90. The second kappa shape index (κ2) is 7.99. The predicted octanol–water partition coefficient (Wildman–Crippen LogP) is 3.39. The molecule has 0 unspecified atom stereocenters. The molecule has 0 amide bonds. The molecule has 3 aromatic heterocycles. The third kappa shape index (κ3) is 3.55. The number of benzene rings is 1. The zero-order valence-corrected chi connectivity index (χ0v) is 18.3. The van der Waals surface area contributed by atoms with Crippen molar-refractivity contribution in [1.82, 2.24) is 29.8 Å². The maximum Gasteiger partial charge on any atom is 0.240 e. The van der Waals surface area contributed by atoms with Gasteiger partial charge < -0.3 is 9.47 Å². The highest BCUT2D eigenvalue weighted by Gasteiger charge is 2.17. The Balaban J connectivity index is 1.63. The lowest BCUT2D eigenvalue weighted by atomic mass is 10.1. The summed E-state index contributed by atoms with van der Waals surface area (Å²) >= 11 is 0. The first-order chi connectivity index (χ1) is 15.5. The normalized spacial score (nSPS) is 14.7. The molecular formula is C23H24N6O3. The van der Waals surface area contributed by atoms with Gasteiger partial charge >= 0.3 is 0 Å². The molecule has 0 spiro atoms. The minimum absolute atomic E-state index is 0.0345. The lowest BCUT2D eigenvalue weighted by Crippen LogP contribution is -2.10. The number of aromatic nitrogens is 6. The molecule has 32 heavy (non-hydrogen) atoms. The van der Waals surface area contributed by atoms with E-state index in [1.807, 2.05) is 44.5 Å². The molecule has 164 valence electrons. The molecule has 4 heterocycles. The Labute approximate surface area is 184 Å². The summed E-state index contributed by atoms with van der Waals surface area (Å²) in [6.07, 6.45) is 6.42. The highest BCUT2D eigenvalue weighted by Crippen LogP contribution is 2.33. The summed E-state index contributed by atoms with van der Waals surface area (Å²) in [7, 11) is 1.87. The number of carbonyl (C=O) groups is 1. The van der Waals surface area contributed by atoms with E-state index in [0.717, 1.165) is 39.0 Å². The zero-order chi connectivity index (χ0) is 22.2. The minimum atomic E-state index is 0.0345. The van der Waals surface area contributed by atoms with E-state index in [9.17, 15) is 4.79 Å². The highest BCUT2D eigenvalue weighted by atomic mass is 16.5. The second-order valence-corrected chi connectivity index (χ2v) is 7.90. The number of carbonyl (C=O) groups excluding carboxylic acids is 1. The summed E-state index contributed by atoms with van der Waals surface area (Å²) in [6.45, 7) is 4.61. The number of ketones is 1. The van der Waals surface area contributed by atoms with E-state index in [-0.39, 0.29) is 12.3 Å². The number of hydrogen-bond donors (Lipinski definition) is 1. The maximum atomic E-state index is 11.7. The van der Waals surface area contributed by atoms with Crippen LogP contribution in [0.3, 0.4) is 0 Å². The van der Waals surface area contributed by atoms with Crippen molar-refractivity contribution in [3.63, 3.8) is 0 Å². The molecule has 0 aliphatic carbocycles. The predicted molar refractivity (Wildman–Crippen MR) is 120 cm³/mol. The van der Waals surface area contributed by atoms with Crippen molar-refractivity contribution in [3.05, 3.63) is 41.3 Å². The molecule has 1 aliphatic rings. The van der Waals surface area contributed by atoms with E-state index >= 15 is 0 Å². The monoisotopic (exact) mass is 432 g/mol. The molecule has 5 rings (SSSR count). The number of Topliss-reactive ketones (excluding diaryl/α,β-unsaturated/α-hetero) is 1. The van der Waals surface area contributed by atoms with Crippen molar-refractivity contribution < 1.29 is 14.3 Å². The number of hydrogen-bond acceptors (Lipinski definition) is 6. The van der Waals surface area contributed by atoms with Crippen molar-refractivity contribution in [1.29, 1.82) is 0 Å². The largest absolute Gasteiger partial charge is 0.477 e. The Morgan fingerprint density at radius 1 is 1.22 bits per heavy atom. The number of aryl methyl sites for hydroxylation is 1. The number of nitrogens with zero attached hydrogens (tertiary/aromatic N) is 5. The number of aromatic amines is 1. The molecule has 2 bridgehead atoms. The topological polar surface area (TPSA) is 99.9 Å². The summed E-state index contributed by atoms with van der Waals surface area (Å²) < 4.78 is 15.5. The van der Waals surface area contributed by atoms with Gasteiger partial charge in [0, 0.05) is 24.5 Å². The van der Waals surface area contributed by atoms with Gasteiger partial charge in [0.25, 0.3) is 0 Å². The lowest BCUT2D eigenvalue weighted by molar-refractivity contribution is -0.117. The summed E-state index contributed by atoms with van der Waals surface area (Å²) in [4.78, 5) is 11.7. The Morgan fingerprint density at radius 3 is 2.91 bits per heavy atom. The van der Waals surface area contributed by atoms with E-state index in [0.29, 0.717) is 31.4 Å². The fraction of sp³-hybridized carbons (Fsp3) is 0.304. The number of H-pyrrole nitrogens is 1. The van der Waals surface area contributed by atoms with E-state index in [1.54, 1.807) is 16.3 Å². The third-order valence-corrected chi connectivity index (χ3v) is 5.55. The Bertz CT molecular complexity index is 1340. The number of fused-ring (bicyclic) bond motifs is 4. The average molecular weight is 432 g/mol. The van der Waals surface area contributed by atoms with Gasteiger partial charge in [-0.15, -0.1) is 5.10 Å². The van der Waals surface area contributed by atoms with Gasteiger partial charge in [0.1, 0.15) is 0 Å². The van der Waals surface area contributed by atoms with Crippen LogP contribution >= 0.6 is 0 Å². The fourth-order valence-corrected chi connectivity index (χ4v) is 3.88. The van der Waals surface area contributed by atoms with Crippen LogP contribution in [0.4, 0.5) is 0 Å². The number of nitrogens with one attached hydrogen (secondary N) is 1. The molecule has 4 aromatic rings. The van der Waals surface area contributed by atoms with Crippen LogP contribution in [-0.2, 0) is 18.4 Å². The Morgan fingerprint density at radius 2 is 2.06 bits per heavy atom. The molecule has 1 N–H and O–H groups in total. The van der Waals surface area contributed by atoms with E-state index in [1.165, 1.54) is 0 Å². The zero-order valence-electron chi connectivity index (χ0n) is 18.3. The average Bonchev–Trinajstić information content (AvgIpc) is 3.42. The third-order valence-electron chi connectivity index (χ3n) is 5.55. The van der Waals surface area contributed by atoms with Crippen molar-refractivity contribution in [2.75, 3.05) is 13.2 Å². The SMILES string of the molecule is CC(=O)Cn1nc2c(c1C)/C=C/c1[nH]nc3ccc(cc13)-c1cnn(C)c1OCCCO2. The highest BCUT2D eigenvalue weighted by molar-refractivity contribution is 5.93. The lowest BCUT2D eigenvalue weighted by Gasteiger charge is -2.10. The van der Waals surface area contributed by atoms with E-state index in [2.05, 4.69) is 26.5 Å². The van der Waals surface area contributed by atoms with Crippen LogP contribution in [0.1, 0.15) is 30.3 Å². The van der Waals surface area contributed by atoms with Crippen LogP contribution in [0.25, 0.3) is 34.2 Å². The molecule has 0 saturated heterocycles. The van der Waals surface area contributed by atoms with E-state index < -0.39 is 0 Å². The van der Waals surface area contributed by atoms with Gasteiger partial charge in [-0.05, 0) is 43.7 Å². The van der Waals surface area contributed by atoms with Crippen LogP contribution in [0.2, 0.25) is 0 Å². The fourth-order valence-electron chi connectivity index (χ4n) is 3.88. The summed E-state index contributed by atoms with van der Waals surface area (Å²) in [5.41, 5.74) is 5.38. The summed E-state index contributed by atoms with van der Waals surface area (Å²) in [6, 6.07) is 6.10. The van der Waals surface area contributed by atoms with Crippen LogP contribution in [0.5, 0.6) is 11.8 Å². The molecule has 0 saturated carbocycles. The first-order valence-electron chi connectivity index (χ1n) is 10.5. The van der Waals surface area contributed by atoms with Crippen LogP contribution in [0, 0.1) is 6.92 Å². The summed E-state index contributed by atoms with van der Waals surface area (Å²) in [5, 5.41) is 17.4. The van der Waals surface area contributed by atoms with Gasteiger partial charge in [-0.2, -0.15) is 10.2 Å². The van der Waals surface area contributed by atoms with E-state index in [4.69, 9.17) is 9.47 Å².